The van der Waals surface area contributed by atoms with E-state index < -0.39 is 21.7 Å². The number of nitrogens with one attached hydrogen (secondary N) is 1. The predicted molar refractivity (Wildman–Crippen MR) is 97.1 cm³/mol. The fourth-order valence-electron chi connectivity index (χ4n) is 2.31. The van der Waals surface area contributed by atoms with Crippen LogP contribution in [0.1, 0.15) is 9.67 Å². The first-order chi connectivity index (χ1) is 11.8. The molecule has 0 spiro atoms. The Morgan fingerprint density at radius 1 is 1.12 bits per heavy atom. The molecule has 1 N–H and O–H groups in total. The molecule has 3 rings (SSSR count). The van der Waals surface area contributed by atoms with Gasteiger partial charge in [0.2, 0.25) is 10.0 Å². The molecule has 0 aliphatic carbocycles. The number of hydrogen-bond donors (Lipinski definition) is 1. The summed E-state index contributed by atoms with van der Waals surface area (Å²) < 4.78 is 40.3. The maximum atomic E-state index is 13.8. The second kappa shape index (κ2) is 6.55. The summed E-state index contributed by atoms with van der Waals surface area (Å²) in [4.78, 5) is 12.8. The highest BCUT2D eigenvalue weighted by molar-refractivity contribution is 7.89. The Balaban J connectivity index is 1.97. The van der Waals surface area contributed by atoms with Gasteiger partial charge in [0.25, 0.3) is 5.91 Å². The molecule has 0 fully saturated rings. The van der Waals surface area contributed by atoms with E-state index in [-0.39, 0.29) is 10.6 Å². The fraction of sp³-hybridized carbons (Fsp3) is 0.118. The summed E-state index contributed by atoms with van der Waals surface area (Å²) >= 11 is 1.15. The molecule has 3 aromatic rings. The van der Waals surface area contributed by atoms with Crippen LogP contribution in [0.25, 0.3) is 10.1 Å². The minimum atomic E-state index is -3.70. The maximum Gasteiger partial charge on any atom is 0.265 e. The van der Waals surface area contributed by atoms with Crippen LogP contribution >= 0.6 is 11.3 Å². The van der Waals surface area contributed by atoms with Gasteiger partial charge < -0.3 is 5.32 Å². The fourth-order valence-corrected chi connectivity index (χ4v) is 4.32. The largest absolute Gasteiger partial charge is 0.320 e. The first-order valence-corrected chi connectivity index (χ1v) is 9.57. The highest BCUT2D eigenvalue weighted by Gasteiger charge is 2.22. The number of amides is 1. The number of sulfonamides is 1. The number of thiophene rings is 1. The molecule has 0 atom stereocenters. The Labute approximate surface area is 148 Å². The van der Waals surface area contributed by atoms with Crippen molar-refractivity contribution in [1.29, 1.82) is 0 Å². The van der Waals surface area contributed by atoms with Crippen LogP contribution in [0.3, 0.4) is 0 Å². The summed E-state index contributed by atoms with van der Waals surface area (Å²) in [6.45, 7) is 0. The molecule has 1 heterocycles. The second-order valence-corrected chi connectivity index (χ2v) is 8.70. The molecule has 1 aromatic heterocycles. The third-order valence-corrected chi connectivity index (χ3v) is 6.60. The number of halogens is 1. The van der Waals surface area contributed by atoms with E-state index in [2.05, 4.69) is 5.32 Å². The van der Waals surface area contributed by atoms with Gasteiger partial charge >= 0.3 is 0 Å². The van der Waals surface area contributed by atoms with Crippen LogP contribution in [-0.2, 0) is 10.0 Å². The van der Waals surface area contributed by atoms with Gasteiger partial charge in [-0.3, -0.25) is 4.79 Å². The predicted octanol–water partition coefficient (Wildman–Crippen LogP) is 3.54. The van der Waals surface area contributed by atoms with Gasteiger partial charge in [0.05, 0.1) is 10.6 Å². The molecular weight excluding hydrogens is 363 g/mol. The molecular formula is C17H15FN2O3S2. The standard InChI is InChI=1S/C17H15FN2O3S2/c1-20(2)25(22,23)16-9-4-3-7-13(16)19-17(21)15-10-11-12(18)6-5-8-14(11)24-15/h3-10H,1-2H3,(H,19,21). The maximum absolute atomic E-state index is 13.8. The first kappa shape index (κ1) is 17.5. The van der Waals surface area contributed by atoms with E-state index in [9.17, 15) is 17.6 Å². The van der Waals surface area contributed by atoms with Gasteiger partial charge in [0.1, 0.15) is 10.7 Å². The van der Waals surface area contributed by atoms with E-state index in [1.165, 1.54) is 38.4 Å². The van der Waals surface area contributed by atoms with Crippen LogP contribution in [0.5, 0.6) is 0 Å². The molecule has 130 valence electrons. The van der Waals surface area contributed by atoms with Crippen LogP contribution in [0.4, 0.5) is 10.1 Å². The Bertz CT molecular complexity index is 1060. The van der Waals surface area contributed by atoms with Gasteiger partial charge in [-0.25, -0.2) is 17.1 Å². The summed E-state index contributed by atoms with van der Waals surface area (Å²) in [6, 6.07) is 12.3. The number of para-hydroxylation sites is 1. The average Bonchev–Trinajstić information content (AvgIpc) is 3.01. The molecule has 25 heavy (non-hydrogen) atoms. The molecule has 1 amide bonds. The third kappa shape index (κ3) is 3.28. The van der Waals surface area contributed by atoms with Crippen molar-refractivity contribution < 1.29 is 17.6 Å². The van der Waals surface area contributed by atoms with Gasteiger partial charge in [-0.05, 0) is 30.3 Å². The van der Waals surface area contributed by atoms with E-state index in [1.807, 2.05) is 0 Å². The zero-order chi connectivity index (χ0) is 18.2. The SMILES string of the molecule is CN(C)S(=O)(=O)c1ccccc1NC(=O)c1cc2c(F)cccc2s1. The van der Waals surface area contributed by atoms with Gasteiger partial charge in [-0.2, -0.15) is 0 Å². The topological polar surface area (TPSA) is 66.5 Å². The van der Waals surface area contributed by atoms with Crippen LogP contribution in [0, 0.1) is 5.82 Å². The lowest BCUT2D eigenvalue weighted by atomic mass is 10.2. The monoisotopic (exact) mass is 378 g/mol. The summed E-state index contributed by atoms with van der Waals surface area (Å²) in [5.74, 6) is -0.884. The molecule has 0 bridgehead atoms. The van der Waals surface area contributed by atoms with Crippen molar-refractivity contribution in [3.8, 4) is 0 Å². The Kier molecular flexibility index (Phi) is 4.59. The Morgan fingerprint density at radius 3 is 2.52 bits per heavy atom. The van der Waals surface area contributed by atoms with E-state index in [4.69, 9.17) is 0 Å². The van der Waals surface area contributed by atoms with Crippen LogP contribution in [0.15, 0.2) is 53.4 Å². The van der Waals surface area contributed by atoms with Crippen molar-refractivity contribution in [3.63, 3.8) is 0 Å². The quantitative estimate of drug-likeness (QED) is 0.755. The molecule has 0 aliphatic heterocycles. The van der Waals surface area contributed by atoms with Crippen molar-refractivity contribution >= 4 is 43.0 Å². The number of hydrogen-bond acceptors (Lipinski definition) is 4. The smallest absolute Gasteiger partial charge is 0.265 e. The molecule has 8 heteroatoms. The van der Waals surface area contributed by atoms with Crippen molar-refractivity contribution in [2.75, 3.05) is 19.4 Å². The third-order valence-electron chi connectivity index (χ3n) is 3.63. The number of carbonyl (C=O) groups is 1. The van der Waals surface area contributed by atoms with Crippen molar-refractivity contribution in [1.82, 2.24) is 4.31 Å². The van der Waals surface area contributed by atoms with E-state index in [1.54, 1.807) is 24.3 Å². The van der Waals surface area contributed by atoms with E-state index >= 15 is 0 Å². The number of fused-ring (bicyclic) bond motifs is 1. The van der Waals surface area contributed by atoms with Crippen molar-refractivity contribution in [2.24, 2.45) is 0 Å². The number of nitrogens with zero attached hydrogens (tertiary/aromatic N) is 1. The van der Waals surface area contributed by atoms with Crippen LogP contribution in [0.2, 0.25) is 0 Å². The Morgan fingerprint density at radius 2 is 1.84 bits per heavy atom. The zero-order valence-corrected chi connectivity index (χ0v) is 15.1. The lowest BCUT2D eigenvalue weighted by Crippen LogP contribution is -2.24. The lowest BCUT2D eigenvalue weighted by Gasteiger charge is -2.15. The molecule has 0 saturated carbocycles. The first-order valence-electron chi connectivity index (χ1n) is 7.31. The minimum Gasteiger partial charge on any atom is -0.320 e. The van der Waals surface area contributed by atoms with Gasteiger partial charge in [-0.1, -0.05) is 18.2 Å². The summed E-state index contributed by atoms with van der Waals surface area (Å²) in [5, 5.41) is 2.98. The molecule has 5 nitrogen and oxygen atoms in total. The summed E-state index contributed by atoms with van der Waals surface area (Å²) in [6.07, 6.45) is 0. The van der Waals surface area contributed by atoms with Gasteiger partial charge in [0.15, 0.2) is 0 Å². The highest BCUT2D eigenvalue weighted by Crippen LogP contribution is 2.29. The molecule has 0 unspecified atom stereocenters. The van der Waals surface area contributed by atoms with E-state index in [0.29, 0.717) is 15.0 Å². The number of benzene rings is 2. The van der Waals surface area contributed by atoms with Gasteiger partial charge in [-0.15, -0.1) is 11.3 Å². The number of carbonyl (C=O) groups excluding carboxylic acids is 1. The van der Waals surface area contributed by atoms with Crippen molar-refractivity contribution in [2.45, 2.75) is 4.90 Å². The summed E-state index contributed by atoms with van der Waals surface area (Å²) in [7, 11) is -0.866. The molecule has 0 aliphatic rings. The molecule has 2 aromatic carbocycles. The molecule has 0 saturated heterocycles. The normalized spacial score (nSPS) is 11.8. The lowest BCUT2D eigenvalue weighted by molar-refractivity contribution is 0.103. The highest BCUT2D eigenvalue weighted by atomic mass is 32.2. The zero-order valence-electron chi connectivity index (χ0n) is 13.5. The number of rotatable bonds is 4. The molecule has 0 radical (unpaired) electrons. The number of anilines is 1. The average molecular weight is 378 g/mol. The van der Waals surface area contributed by atoms with Crippen LogP contribution in [-0.4, -0.2) is 32.7 Å². The van der Waals surface area contributed by atoms with Crippen molar-refractivity contribution in [3.05, 3.63) is 59.2 Å². The summed E-state index contributed by atoms with van der Waals surface area (Å²) in [5.41, 5.74) is 0.180. The Hall–Kier alpha value is -2.29. The minimum absolute atomic E-state index is 0.000594. The van der Waals surface area contributed by atoms with E-state index in [0.717, 1.165) is 15.6 Å². The van der Waals surface area contributed by atoms with Gasteiger partial charge in [0, 0.05) is 24.2 Å². The van der Waals surface area contributed by atoms with Crippen LogP contribution < -0.4 is 5.32 Å². The second-order valence-electron chi connectivity index (χ2n) is 5.50.